The van der Waals surface area contributed by atoms with Crippen LogP contribution in [0.2, 0.25) is 0 Å². The Morgan fingerprint density at radius 3 is 2.18 bits per heavy atom. The fraction of sp³-hybridized carbons (Fsp3) is 0.265. The molecule has 0 aliphatic heterocycles. The Hall–Kier alpha value is -4.25. The number of carbonyl (C=O) groups excluding carboxylic acids is 1. The highest BCUT2D eigenvalue weighted by atomic mass is 16.2. The largest absolute Gasteiger partial charge is 0.332 e. The van der Waals surface area contributed by atoms with Crippen molar-refractivity contribution in [3.8, 4) is 0 Å². The van der Waals surface area contributed by atoms with Crippen LogP contribution in [0.4, 0.5) is 0 Å². The molecule has 5 heteroatoms. The molecular formula is C34H35N3O2. The zero-order valence-electron chi connectivity index (χ0n) is 22.7. The standard InChI is InChI=1S/C34H35N3O2/c1-3-4-24-36(34(39)31(26-16-8-5-9-17-26)27-18-10-6-11-19-27)25(2)32-35-30-23-15-14-22-29(30)33(38)37(32)28-20-12-7-13-21-28/h5-6,8-12,14-23,25,31H,3-4,7,13,24H2,1-2H3. The van der Waals surface area contributed by atoms with Crippen molar-refractivity contribution < 1.29 is 4.79 Å². The molecule has 1 unspecified atom stereocenters. The summed E-state index contributed by atoms with van der Waals surface area (Å²) in [6, 6.07) is 26.9. The predicted octanol–water partition coefficient (Wildman–Crippen LogP) is 7.11. The lowest BCUT2D eigenvalue weighted by Crippen LogP contribution is -2.41. The van der Waals surface area contributed by atoms with E-state index in [1.165, 1.54) is 0 Å². The average molecular weight is 518 g/mol. The normalized spacial score (nSPS) is 13.9. The van der Waals surface area contributed by atoms with Gasteiger partial charge in [0.1, 0.15) is 5.82 Å². The molecule has 1 heterocycles. The van der Waals surface area contributed by atoms with Crippen LogP contribution in [0.25, 0.3) is 16.6 Å². The van der Waals surface area contributed by atoms with E-state index in [0.717, 1.165) is 42.5 Å². The maximum Gasteiger partial charge on any atom is 0.266 e. The first kappa shape index (κ1) is 26.4. The second-order valence-electron chi connectivity index (χ2n) is 10.1. The molecule has 0 fully saturated rings. The van der Waals surface area contributed by atoms with E-state index in [0.29, 0.717) is 23.3 Å². The van der Waals surface area contributed by atoms with E-state index < -0.39 is 12.0 Å². The molecule has 39 heavy (non-hydrogen) atoms. The second kappa shape index (κ2) is 12.1. The summed E-state index contributed by atoms with van der Waals surface area (Å²) in [6.07, 6.45) is 9.78. The first-order valence-electron chi connectivity index (χ1n) is 13.9. The number of amides is 1. The van der Waals surface area contributed by atoms with E-state index in [9.17, 15) is 9.59 Å². The Labute approximate surface area is 230 Å². The van der Waals surface area contributed by atoms with Crippen molar-refractivity contribution in [2.75, 3.05) is 6.54 Å². The number of hydrogen-bond acceptors (Lipinski definition) is 3. The molecule has 4 aromatic rings. The van der Waals surface area contributed by atoms with Gasteiger partial charge in [0, 0.05) is 12.2 Å². The van der Waals surface area contributed by atoms with Gasteiger partial charge in [-0.1, -0.05) is 98.3 Å². The number of rotatable bonds is 9. The number of nitrogens with zero attached hydrogens (tertiary/aromatic N) is 3. The Morgan fingerprint density at radius 2 is 1.56 bits per heavy atom. The minimum Gasteiger partial charge on any atom is -0.332 e. The second-order valence-corrected chi connectivity index (χ2v) is 10.1. The average Bonchev–Trinajstić information content (AvgIpc) is 2.99. The van der Waals surface area contributed by atoms with E-state index in [4.69, 9.17) is 4.98 Å². The Bertz CT molecular complexity index is 1510. The molecule has 0 saturated carbocycles. The number of hydrogen-bond donors (Lipinski definition) is 0. The van der Waals surface area contributed by atoms with Crippen molar-refractivity contribution in [2.24, 2.45) is 0 Å². The summed E-state index contributed by atoms with van der Waals surface area (Å²) in [7, 11) is 0. The summed E-state index contributed by atoms with van der Waals surface area (Å²) >= 11 is 0. The Kier molecular flexibility index (Phi) is 8.16. The van der Waals surface area contributed by atoms with Crippen LogP contribution < -0.4 is 5.56 Å². The van der Waals surface area contributed by atoms with Gasteiger partial charge in [0.05, 0.1) is 22.9 Å². The molecule has 5 nitrogen and oxygen atoms in total. The van der Waals surface area contributed by atoms with Gasteiger partial charge in [-0.05, 0) is 55.5 Å². The van der Waals surface area contributed by atoms with E-state index in [1.54, 1.807) is 4.57 Å². The Balaban J connectivity index is 1.66. The molecule has 0 radical (unpaired) electrons. The number of aromatic nitrogens is 2. The number of carbonyl (C=O) groups is 1. The maximum atomic E-state index is 14.6. The van der Waals surface area contributed by atoms with E-state index in [1.807, 2.05) is 103 Å². The minimum atomic E-state index is -0.457. The highest BCUT2D eigenvalue weighted by Crippen LogP contribution is 2.32. The first-order valence-corrected chi connectivity index (χ1v) is 13.9. The lowest BCUT2D eigenvalue weighted by molar-refractivity contribution is -0.134. The van der Waals surface area contributed by atoms with Crippen LogP contribution in [-0.4, -0.2) is 26.9 Å². The van der Waals surface area contributed by atoms with Gasteiger partial charge in [-0.15, -0.1) is 0 Å². The summed E-state index contributed by atoms with van der Waals surface area (Å²) in [5.41, 5.74) is 3.25. The van der Waals surface area contributed by atoms with Gasteiger partial charge in [-0.2, -0.15) is 0 Å². The van der Waals surface area contributed by atoms with Gasteiger partial charge in [-0.25, -0.2) is 4.98 Å². The van der Waals surface area contributed by atoms with Gasteiger partial charge < -0.3 is 4.90 Å². The summed E-state index contributed by atoms with van der Waals surface area (Å²) in [5, 5.41) is 0.575. The molecular weight excluding hydrogens is 482 g/mol. The zero-order valence-corrected chi connectivity index (χ0v) is 22.7. The maximum absolute atomic E-state index is 14.6. The van der Waals surface area contributed by atoms with Crippen molar-refractivity contribution in [1.29, 1.82) is 0 Å². The highest BCUT2D eigenvalue weighted by Gasteiger charge is 2.33. The number of allylic oxidation sites excluding steroid dienone is 4. The van der Waals surface area contributed by atoms with E-state index in [-0.39, 0.29) is 11.5 Å². The highest BCUT2D eigenvalue weighted by molar-refractivity contribution is 5.88. The lowest BCUT2D eigenvalue weighted by atomic mass is 9.89. The van der Waals surface area contributed by atoms with Crippen molar-refractivity contribution in [2.45, 2.75) is 51.5 Å². The van der Waals surface area contributed by atoms with Crippen LogP contribution in [-0.2, 0) is 4.79 Å². The fourth-order valence-electron chi connectivity index (χ4n) is 5.34. The molecule has 0 saturated heterocycles. The monoisotopic (exact) mass is 517 g/mol. The van der Waals surface area contributed by atoms with E-state index >= 15 is 0 Å². The number of benzene rings is 3. The third-order valence-electron chi connectivity index (χ3n) is 7.42. The number of fused-ring (bicyclic) bond motifs is 1. The molecule has 1 amide bonds. The van der Waals surface area contributed by atoms with Gasteiger partial charge in [0.15, 0.2) is 0 Å². The van der Waals surface area contributed by atoms with Crippen LogP contribution in [0.15, 0.2) is 108 Å². The molecule has 1 atom stereocenters. The van der Waals surface area contributed by atoms with Crippen LogP contribution in [0, 0.1) is 0 Å². The SMILES string of the molecule is CCCCN(C(=O)C(c1ccccc1)c1ccccc1)C(C)c1nc2ccccc2c(=O)n1C1=CCCC=C1. The number of para-hydroxylation sites is 1. The van der Waals surface area contributed by atoms with Gasteiger partial charge in [0.25, 0.3) is 5.56 Å². The quantitative estimate of drug-likeness (QED) is 0.238. The van der Waals surface area contributed by atoms with Crippen molar-refractivity contribution >= 4 is 22.5 Å². The Morgan fingerprint density at radius 1 is 0.923 bits per heavy atom. The summed E-state index contributed by atoms with van der Waals surface area (Å²) in [6.45, 7) is 4.70. The molecule has 1 aliphatic carbocycles. The number of unbranched alkanes of at least 4 members (excludes halogenated alkanes) is 1. The molecule has 3 aromatic carbocycles. The topological polar surface area (TPSA) is 55.2 Å². The third kappa shape index (κ3) is 5.49. The minimum absolute atomic E-state index is 0.00970. The van der Waals surface area contributed by atoms with Gasteiger partial charge in [-0.3, -0.25) is 14.2 Å². The fourth-order valence-corrected chi connectivity index (χ4v) is 5.34. The summed E-state index contributed by atoms with van der Waals surface area (Å²) in [4.78, 5) is 35.4. The first-order chi connectivity index (χ1) is 19.1. The van der Waals surface area contributed by atoms with Crippen LogP contribution >= 0.6 is 0 Å². The molecule has 1 aromatic heterocycles. The molecule has 0 bridgehead atoms. The van der Waals surface area contributed by atoms with Gasteiger partial charge in [0.2, 0.25) is 5.91 Å². The molecule has 0 spiro atoms. The third-order valence-corrected chi connectivity index (χ3v) is 7.42. The van der Waals surface area contributed by atoms with Crippen LogP contribution in [0.1, 0.15) is 68.4 Å². The predicted molar refractivity (Wildman–Crippen MR) is 158 cm³/mol. The molecule has 198 valence electrons. The summed E-state index contributed by atoms with van der Waals surface area (Å²) in [5.74, 6) is 0.137. The van der Waals surface area contributed by atoms with Crippen molar-refractivity contribution in [1.82, 2.24) is 14.5 Å². The van der Waals surface area contributed by atoms with Crippen LogP contribution in [0.3, 0.4) is 0 Å². The molecule has 0 N–H and O–H groups in total. The van der Waals surface area contributed by atoms with Crippen molar-refractivity contribution in [3.63, 3.8) is 0 Å². The molecule has 1 aliphatic rings. The van der Waals surface area contributed by atoms with E-state index in [2.05, 4.69) is 19.1 Å². The van der Waals surface area contributed by atoms with Crippen LogP contribution in [0.5, 0.6) is 0 Å². The zero-order chi connectivity index (χ0) is 27.2. The smallest absolute Gasteiger partial charge is 0.266 e. The van der Waals surface area contributed by atoms with Crippen molar-refractivity contribution in [3.05, 3.63) is 130 Å². The summed E-state index contributed by atoms with van der Waals surface area (Å²) < 4.78 is 1.72. The lowest BCUT2D eigenvalue weighted by Gasteiger charge is -2.34. The molecule has 5 rings (SSSR count). The van der Waals surface area contributed by atoms with Gasteiger partial charge >= 0.3 is 0 Å².